The van der Waals surface area contributed by atoms with Crippen LogP contribution in [0.15, 0.2) is 97.5 Å². The maximum Gasteiger partial charge on any atom is 0.234 e. The Hall–Kier alpha value is -4.86. The summed E-state index contributed by atoms with van der Waals surface area (Å²) in [6, 6.07) is 31.1. The number of benzene rings is 3. The van der Waals surface area contributed by atoms with Gasteiger partial charge < -0.3 is 5.32 Å². The topological polar surface area (TPSA) is 77.7 Å². The van der Waals surface area contributed by atoms with Gasteiger partial charge in [0.05, 0.1) is 0 Å². The highest BCUT2D eigenvalue weighted by molar-refractivity contribution is 5.91. The molecule has 1 saturated heterocycles. The van der Waals surface area contributed by atoms with Crippen LogP contribution >= 0.6 is 0 Å². The molecule has 2 aliphatic rings. The summed E-state index contributed by atoms with van der Waals surface area (Å²) in [5.74, 6) is 0.935. The third-order valence-corrected chi connectivity index (χ3v) is 8.81. The van der Waals surface area contributed by atoms with Crippen LogP contribution in [0.1, 0.15) is 41.8 Å². The van der Waals surface area contributed by atoms with Gasteiger partial charge in [-0.15, -0.1) is 0 Å². The summed E-state index contributed by atoms with van der Waals surface area (Å²) < 4.78 is 0. The molecule has 212 valence electrons. The van der Waals surface area contributed by atoms with E-state index >= 15 is 0 Å². The average molecular weight is 563 g/mol. The van der Waals surface area contributed by atoms with Crippen molar-refractivity contribution in [3.05, 3.63) is 120 Å². The van der Waals surface area contributed by atoms with E-state index in [2.05, 4.69) is 98.0 Å². The molecule has 0 bridgehead atoms. The minimum absolute atomic E-state index is 0.204. The highest BCUT2D eigenvalue weighted by atomic mass is 15.1. The Kier molecular flexibility index (Phi) is 7.64. The van der Waals surface area contributed by atoms with Crippen LogP contribution in [0.2, 0.25) is 0 Å². The maximum absolute atomic E-state index is 9.07. The molecule has 0 radical (unpaired) electrons. The van der Waals surface area contributed by atoms with Crippen molar-refractivity contribution in [3.63, 3.8) is 0 Å². The molecule has 5 aromatic rings. The zero-order valence-corrected chi connectivity index (χ0v) is 24.2. The Balaban J connectivity index is 1.10. The number of likely N-dealkylation sites (tertiary alicyclic amines) is 1. The lowest BCUT2D eigenvalue weighted by atomic mass is 9.85. The third-order valence-electron chi connectivity index (χ3n) is 8.81. The van der Waals surface area contributed by atoms with E-state index in [-0.39, 0.29) is 5.82 Å². The summed E-state index contributed by atoms with van der Waals surface area (Å²) >= 11 is 0. The normalized spacial score (nSPS) is 15.1. The van der Waals surface area contributed by atoms with Gasteiger partial charge in [0, 0.05) is 44.3 Å². The van der Waals surface area contributed by atoms with Crippen LogP contribution in [0, 0.1) is 11.3 Å². The molecule has 1 fully saturated rings. The van der Waals surface area contributed by atoms with Crippen molar-refractivity contribution in [2.45, 2.75) is 44.7 Å². The Morgan fingerprint density at radius 2 is 1.63 bits per heavy atom. The monoisotopic (exact) mass is 562 g/mol. The fraction of sp³-hybridized carbons (Fsp3) is 0.243. The zero-order chi connectivity index (χ0) is 29.0. The van der Waals surface area contributed by atoms with Gasteiger partial charge in [0.25, 0.3) is 0 Å². The summed E-state index contributed by atoms with van der Waals surface area (Å²) in [5, 5.41) is 12.6. The van der Waals surface area contributed by atoms with Crippen LogP contribution in [-0.2, 0) is 19.4 Å². The minimum Gasteiger partial charge on any atom is -0.367 e. The molecule has 1 N–H and O–H groups in total. The number of fused-ring (bicyclic) bond motifs is 3. The molecule has 0 amide bonds. The first kappa shape index (κ1) is 27.0. The van der Waals surface area contributed by atoms with Gasteiger partial charge in [0.2, 0.25) is 5.82 Å². The second-order valence-corrected chi connectivity index (χ2v) is 11.5. The molecule has 3 heterocycles. The fourth-order valence-electron chi connectivity index (χ4n) is 6.67. The highest BCUT2D eigenvalue weighted by Gasteiger charge is 2.22. The zero-order valence-electron chi connectivity index (χ0n) is 24.2. The number of hydrogen-bond acceptors (Lipinski definition) is 6. The van der Waals surface area contributed by atoms with Crippen molar-refractivity contribution in [1.82, 2.24) is 19.9 Å². The summed E-state index contributed by atoms with van der Waals surface area (Å²) in [7, 11) is 0. The summed E-state index contributed by atoms with van der Waals surface area (Å²) in [6.45, 7) is 2.99. The first-order chi connectivity index (χ1) is 21.2. The second-order valence-electron chi connectivity index (χ2n) is 11.5. The predicted octanol–water partition coefficient (Wildman–Crippen LogP) is 7.31. The number of nitriles is 1. The summed E-state index contributed by atoms with van der Waals surface area (Å²) in [4.78, 5) is 15.2. The number of hydrogen-bond donors (Lipinski definition) is 1. The van der Waals surface area contributed by atoms with E-state index in [1.54, 1.807) is 6.20 Å². The molecule has 1 aliphatic heterocycles. The number of piperidine rings is 1. The molecule has 0 unspecified atom stereocenters. The molecule has 3 aromatic carbocycles. The van der Waals surface area contributed by atoms with Gasteiger partial charge in [0.1, 0.15) is 11.9 Å². The van der Waals surface area contributed by atoms with E-state index in [4.69, 9.17) is 5.26 Å². The molecule has 6 nitrogen and oxygen atoms in total. The van der Waals surface area contributed by atoms with Gasteiger partial charge in [-0.3, -0.25) is 9.88 Å². The summed E-state index contributed by atoms with van der Waals surface area (Å²) in [5.41, 5.74) is 12.0. The molecule has 7 rings (SSSR count). The Morgan fingerprint density at radius 3 is 2.44 bits per heavy atom. The average Bonchev–Trinajstić information content (AvgIpc) is 3.26. The number of nitrogens with zero attached hydrogens (tertiary/aromatic N) is 5. The minimum atomic E-state index is 0.204. The second kappa shape index (κ2) is 12.2. The highest BCUT2D eigenvalue weighted by Crippen LogP contribution is 2.43. The standard InChI is InChI=1S/C37H34N6/c38-23-36-40-20-16-35(42-36)41-30-17-21-43(22-18-30)25-26-9-11-27(12-10-26)32-13-14-33-31-15-19-39-24-29(31)7-4-8-34(33)37(32)28-5-2-1-3-6-28/h1-3,5-6,9-16,19-20,24,30H,4,7-8,17-18,21-22,25H2,(H,40,41,42). The largest absolute Gasteiger partial charge is 0.367 e. The number of pyridine rings is 1. The molecule has 0 spiro atoms. The van der Waals surface area contributed by atoms with E-state index in [1.165, 1.54) is 50.1 Å². The number of aryl methyl sites for hydroxylation is 1. The molecule has 1 aliphatic carbocycles. The SMILES string of the molecule is N#Cc1nccc(NC2CCN(Cc3ccc(-c4ccc5c(c4-c4ccccc4)CCCc4cnccc4-5)cc3)CC2)n1. The van der Waals surface area contributed by atoms with E-state index in [1.807, 2.05) is 24.5 Å². The Bertz CT molecular complexity index is 1770. The number of rotatable bonds is 6. The van der Waals surface area contributed by atoms with Crippen LogP contribution in [-0.4, -0.2) is 39.0 Å². The molecular weight excluding hydrogens is 528 g/mol. The quantitative estimate of drug-likeness (QED) is 0.234. The van der Waals surface area contributed by atoms with E-state index in [0.717, 1.165) is 57.6 Å². The van der Waals surface area contributed by atoms with Crippen LogP contribution in [0.4, 0.5) is 5.82 Å². The predicted molar refractivity (Wildman–Crippen MR) is 171 cm³/mol. The molecule has 6 heteroatoms. The molecule has 0 saturated carbocycles. The fourth-order valence-corrected chi connectivity index (χ4v) is 6.67. The molecule has 0 atom stereocenters. The smallest absolute Gasteiger partial charge is 0.234 e. The Morgan fingerprint density at radius 1 is 0.814 bits per heavy atom. The van der Waals surface area contributed by atoms with Crippen molar-refractivity contribution in [3.8, 4) is 39.4 Å². The van der Waals surface area contributed by atoms with Crippen molar-refractivity contribution in [2.75, 3.05) is 18.4 Å². The lowest BCUT2D eigenvalue weighted by Gasteiger charge is -2.32. The van der Waals surface area contributed by atoms with Crippen molar-refractivity contribution in [2.24, 2.45) is 0 Å². The number of aromatic nitrogens is 3. The van der Waals surface area contributed by atoms with Gasteiger partial charge in [-0.1, -0.05) is 66.7 Å². The summed E-state index contributed by atoms with van der Waals surface area (Å²) in [6.07, 6.45) is 10.9. The first-order valence-electron chi connectivity index (χ1n) is 15.2. The maximum atomic E-state index is 9.07. The van der Waals surface area contributed by atoms with Crippen molar-refractivity contribution < 1.29 is 0 Å². The molecular formula is C37H34N6. The lowest BCUT2D eigenvalue weighted by molar-refractivity contribution is 0.211. The van der Waals surface area contributed by atoms with Crippen molar-refractivity contribution in [1.29, 1.82) is 5.26 Å². The first-order valence-corrected chi connectivity index (χ1v) is 15.2. The Labute approximate surface area is 253 Å². The van der Waals surface area contributed by atoms with Gasteiger partial charge in [-0.05, 0) is 94.3 Å². The van der Waals surface area contributed by atoms with Crippen LogP contribution in [0.25, 0.3) is 33.4 Å². The molecule has 43 heavy (non-hydrogen) atoms. The lowest BCUT2D eigenvalue weighted by Crippen LogP contribution is -2.38. The van der Waals surface area contributed by atoms with Gasteiger partial charge >= 0.3 is 0 Å². The number of anilines is 1. The third kappa shape index (κ3) is 5.77. The molecule has 2 aromatic heterocycles. The van der Waals surface area contributed by atoms with E-state index < -0.39 is 0 Å². The van der Waals surface area contributed by atoms with Gasteiger partial charge in [-0.2, -0.15) is 5.26 Å². The van der Waals surface area contributed by atoms with Crippen molar-refractivity contribution >= 4 is 5.82 Å². The van der Waals surface area contributed by atoms with Gasteiger partial charge in [0.15, 0.2) is 0 Å². The van der Waals surface area contributed by atoms with Gasteiger partial charge in [-0.25, -0.2) is 9.97 Å². The van der Waals surface area contributed by atoms with E-state index in [9.17, 15) is 0 Å². The van der Waals surface area contributed by atoms with E-state index in [0.29, 0.717) is 6.04 Å². The van der Waals surface area contributed by atoms with Crippen LogP contribution < -0.4 is 5.32 Å². The van der Waals surface area contributed by atoms with Crippen LogP contribution in [0.3, 0.4) is 0 Å². The van der Waals surface area contributed by atoms with Crippen LogP contribution in [0.5, 0.6) is 0 Å². The number of nitrogens with one attached hydrogen (secondary N) is 1.